The van der Waals surface area contributed by atoms with Crippen molar-refractivity contribution in [1.29, 1.82) is 0 Å². The number of hydrogen-bond donors (Lipinski definition) is 0. The fourth-order valence-electron chi connectivity index (χ4n) is 2.38. The lowest BCUT2D eigenvalue weighted by Crippen LogP contribution is -2.11. The fraction of sp³-hybridized carbons (Fsp3) is 0.400. The van der Waals surface area contributed by atoms with Crippen LogP contribution in [0.1, 0.15) is 38.2 Å². The van der Waals surface area contributed by atoms with Crippen LogP contribution < -0.4 is 0 Å². The molecule has 0 N–H and O–H groups in total. The molecular weight excluding hydrogens is 304 g/mol. The molecule has 0 fully saturated rings. The van der Waals surface area contributed by atoms with Crippen molar-refractivity contribution in [2.45, 2.75) is 39.0 Å². The Labute approximate surface area is 144 Å². The third-order valence-electron chi connectivity index (χ3n) is 3.71. The molecule has 1 aromatic rings. The Kier molecular flexibility index (Phi) is 9.20. The zero-order valence-electron chi connectivity index (χ0n) is 14.7. The Hall–Kier alpha value is -2.36. The number of esters is 2. The zero-order chi connectivity index (χ0) is 17.8. The van der Waals surface area contributed by atoms with Gasteiger partial charge in [0.25, 0.3) is 0 Å². The van der Waals surface area contributed by atoms with Gasteiger partial charge in [0.15, 0.2) is 0 Å². The lowest BCUT2D eigenvalue weighted by molar-refractivity contribution is -0.136. The number of carbonyl (C=O) groups is 2. The van der Waals surface area contributed by atoms with Gasteiger partial charge in [-0.25, -0.2) is 9.59 Å². The second kappa shape index (κ2) is 11.2. The average Bonchev–Trinajstić information content (AvgIpc) is 2.62. The first kappa shape index (κ1) is 19.7. The summed E-state index contributed by atoms with van der Waals surface area (Å²) in [5, 5.41) is 0. The molecule has 4 nitrogen and oxygen atoms in total. The van der Waals surface area contributed by atoms with Crippen molar-refractivity contribution in [2.75, 3.05) is 14.2 Å². The van der Waals surface area contributed by atoms with Crippen LogP contribution in [0.15, 0.2) is 53.6 Å². The molecule has 0 bridgehead atoms. The van der Waals surface area contributed by atoms with Crippen LogP contribution in [0.4, 0.5) is 0 Å². The molecule has 130 valence electrons. The van der Waals surface area contributed by atoms with Crippen molar-refractivity contribution in [1.82, 2.24) is 0 Å². The number of hydrogen-bond acceptors (Lipinski definition) is 4. The minimum absolute atomic E-state index is 0.361. The molecule has 0 aliphatic heterocycles. The lowest BCUT2D eigenvalue weighted by Gasteiger charge is -2.12. The molecule has 0 unspecified atom stereocenters. The monoisotopic (exact) mass is 330 g/mol. The molecule has 0 aliphatic carbocycles. The number of benzene rings is 1. The third kappa shape index (κ3) is 6.82. The average molecular weight is 330 g/mol. The van der Waals surface area contributed by atoms with Crippen LogP contribution in [0.5, 0.6) is 0 Å². The van der Waals surface area contributed by atoms with Gasteiger partial charge in [0.1, 0.15) is 0 Å². The Balaban J connectivity index is 3.16. The summed E-state index contributed by atoms with van der Waals surface area (Å²) in [5.74, 6) is -0.799. The summed E-state index contributed by atoms with van der Waals surface area (Å²) in [4.78, 5) is 23.7. The molecule has 1 aromatic carbocycles. The zero-order valence-corrected chi connectivity index (χ0v) is 14.7. The SMILES string of the molecule is CCCCCC(/C=C/C(=O)OC)=C(/Cc1ccccc1)C(=O)OC. The summed E-state index contributed by atoms with van der Waals surface area (Å²) in [6.07, 6.45) is 7.33. The van der Waals surface area contributed by atoms with E-state index >= 15 is 0 Å². The van der Waals surface area contributed by atoms with Crippen LogP contribution in [-0.4, -0.2) is 26.2 Å². The van der Waals surface area contributed by atoms with Crippen molar-refractivity contribution in [2.24, 2.45) is 0 Å². The Morgan fingerprint density at radius 1 is 1.00 bits per heavy atom. The van der Waals surface area contributed by atoms with Gasteiger partial charge < -0.3 is 9.47 Å². The molecule has 0 heterocycles. The maximum absolute atomic E-state index is 12.3. The van der Waals surface area contributed by atoms with E-state index in [4.69, 9.17) is 4.74 Å². The van der Waals surface area contributed by atoms with E-state index in [9.17, 15) is 9.59 Å². The van der Waals surface area contributed by atoms with E-state index in [1.54, 1.807) is 6.08 Å². The summed E-state index contributed by atoms with van der Waals surface area (Å²) in [7, 11) is 2.71. The molecule has 0 saturated heterocycles. The van der Waals surface area contributed by atoms with Gasteiger partial charge in [0.05, 0.1) is 14.2 Å². The number of unbranched alkanes of at least 4 members (excludes halogenated alkanes) is 2. The molecule has 0 saturated carbocycles. The summed E-state index contributed by atoms with van der Waals surface area (Å²) in [6, 6.07) is 9.74. The Morgan fingerprint density at radius 2 is 1.71 bits per heavy atom. The van der Waals surface area contributed by atoms with Crippen molar-refractivity contribution >= 4 is 11.9 Å². The van der Waals surface area contributed by atoms with Gasteiger partial charge >= 0.3 is 11.9 Å². The van der Waals surface area contributed by atoms with Crippen LogP contribution >= 0.6 is 0 Å². The molecule has 0 aliphatic rings. The van der Waals surface area contributed by atoms with Crippen LogP contribution in [0.3, 0.4) is 0 Å². The molecule has 1 rings (SSSR count). The second-order valence-corrected chi connectivity index (χ2v) is 5.47. The van der Waals surface area contributed by atoms with Gasteiger partial charge in [0.2, 0.25) is 0 Å². The first-order chi connectivity index (χ1) is 11.6. The standard InChI is InChI=1S/C20H26O4/c1-4-5-7-12-17(13-14-19(21)23-2)18(20(22)24-3)15-16-10-8-6-9-11-16/h6,8-11,13-14H,4-5,7,12,15H2,1-3H3/b14-13+,18-17+. The second-order valence-electron chi connectivity index (χ2n) is 5.47. The van der Waals surface area contributed by atoms with Gasteiger partial charge in [-0.1, -0.05) is 56.2 Å². The van der Waals surface area contributed by atoms with E-state index in [1.165, 1.54) is 20.3 Å². The first-order valence-corrected chi connectivity index (χ1v) is 8.22. The van der Waals surface area contributed by atoms with E-state index in [0.29, 0.717) is 12.0 Å². The minimum atomic E-state index is -0.438. The largest absolute Gasteiger partial charge is 0.466 e. The van der Waals surface area contributed by atoms with Gasteiger partial charge in [0, 0.05) is 18.1 Å². The van der Waals surface area contributed by atoms with Crippen molar-refractivity contribution < 1.29 is 19.1 Å². The quantitative estimate of drug-likeness (QED) is 0.297. The van der Waals surface area contributed by atoms with Crippen LogP contribution in [0, 0.1) is 0 Å². The maximum Gasteiger partial charge on any atom is 0.334 e. The van der Waals surface area contributed by atoms with Crippen LogP contribution in [0.25, 0.3) is 0 Å². The van der Waals surface area contributed by atoms with Gasteiger partial charge in [-0.15, -0.1) is 0 Å². The van der Waals surface area contributed by atoms with Crippen LogP contribution in [-0.2, 0) is 25.5 Å². The predicted octanol–water partition coefficient (Wildman–Crippen LogP) is 4.01. The lowest BCUT2D eigenvalue weighted by atomic mass is 9.95. The van der Waals surface area contributed by atoms with E-state index < -0.39 is 5.97 Å². The number of ether oxygens (including phenoxy) is 2. The fourth-order valence-corrected chi connectivity index (χ4v) is 2.38. The Bertz CT molecular complexity index is 585. The van der Waals surface area contributed by atoms with Crippen molar-refractivity contribution in [3.63, 3.8) is 0 Å². The first-order valence-electron chi connectivity index (χ1n) is 8.22. The topological polar surface area (TPSA) is 52.6 Å². The molecule has 24 heavy (non-hydrogen) atoms. The minimum Gasteiger partial charge on any atom is -0.466 e. The molecule has 0 aromatic heterocycles. The maximum atomic E-state index is 12.3. The highest BCUT2D eigenvalue weighted by molar-refractivity contribution is 5.91. The number of rotatable bonds is 9. The van der Waals surface area contributed by atoms with Crippen molar-refractivity contribution in [3.8, 4) is 0 Å². The third-order valence-corrected chi connectivity index (χ3v) is 3.71. The van der Waals surface area contributed by atoms with E-state index in [1.807, 2.05) is 30.3 Å². The van der Waals surface area contributed by atoms with E-state index in [2.05, 4.69) is 11.7 Å². The van der Waals surface area contributed by atoms with Gasteiger partial charge in [-0.2, -0.15) is 0 Å². The number of methoxy groups -OCH3 is 2. The number of allylic oxidation sites excluding steroid dienone is 2. The smallest absolute Gasteiger partial charge is 0.334 e. The number of carbonyl (C=O) groups excluding carboxylic acids is 2. The highest BCUT2D eigenvalue weighted by Gasteiger charge is 2.15. The normalized spacial score (nSPS) is 12.0. The molecule has 0 atom stereocenters. The summed E-state index contributed by atoms with van der Waals surface area (Å²) in [6.45, 7) is 2.12. The molecule has 0 amide bonds. The summed E-state index contributed by atoms with van der Waals surface area (Å²) >= 11 is 0. The Morgan fingerprint density at radius 3 is 2.29 bits per heavy atom. The molecular formula is C20H26O4. The molecule has 0 radical (unpaired) electrons. The van der Waals surface area contributed by atoms with E-state index in [0.717, 1.165) is 36.8 Å². The summed E-state index contributed by atoms with van der Waals surface area (Å²) < 4.78 is 9.60. The van der Waals surface area contributed by atoms with Gasteiger partial charge in [-0.3, -0.25) is 0 Å². The van der Waals surface area contributed by atoms with Crippen LogP contribution in [0.2, 0.25) is 0 Å². The molecule has 0 spiro atoms. The van der Waals surface area contributed by atoms with E-state index in [-0.39, 0.29) is 5.97 Å². The van der Waals surface area contributed by atoms with Gasteiger partial charge in [-0.05, 0) is 24.0 Å². The molecule has 4 heteroatoms. The predicted molar refractivity (Wildman–Crippen MR) is 94.5 cm³/mol. The summed E-state index contributed by atoms with van der Waals surface area (Å²) in [5.41, 5.74) is 2.43. The van der Waals surface area contributed by atoms with Crippen molar-refractivity contribution in [3.05, 3.63) is 59.2 Å². The highest BCUT2D eigenvalue weighted by Crippen LogP contribution is 2.20. The highest BCUT2D eigenvalue weighted by atomic mass is 16.5.